The van der Waals surface area contributed by atoms with Crippen LogP contribution in [-0.4, -0.2) is 51.2 Å². The van der Waals surface area contributed by atoms with Crippen molar-refractivity contribution < 1.29 is 44.0 Å². The molecule has 4 aliphatic carbocycles. The van der Waals surface area contributed by atoms with Crippen LogP contribution in [0.15, 0.2) is 63.0 Å². The van der Waals surface area contributed by atoms with Gasteiger partial charge in [-0.2, -0.15) is 0 Å². The van der Waals surface area contributed by atoms with Crippen LogP contribution in [0.5, 0.6) is 11.5 Å². The number of methoxy groups -OCH3 is 1. The molecule has 2 aromatic rings. The Morgan fingerprint density at radius 3 is 2.50 bits per heavy atom. The Labute approximate surface area is 266 Å². The SMILES string of the molecule is C=C1[C@@H](O)C[C@@H]2[C@](C)(CCC[C@@]2(C)C(=O)O)[C@H]1C[C@@H]1C(C)=CC[C@H]2C(=O)C(OC)=CC(=O)[C@@]12c1cc(=O)c2c(O)cc(O)cc2o1. The molecule has 1 aromatic heterocycles. The minimum atomic E-state index is -1.72. The summed E-state index contributed by atoms with van der Waals surface area (Å²) in [4.78, 5) is 54.8. The number of carbonyl (C=O) groups is 3. The zero-order valence-electron chi connectivity index (χ0n) is 26.5. The Hall–Kier alpha value is -4.18. The summed E-state index contributed by atoms with van der Waals surface area (Å²) < 4.78 is 11.6. The fraction of sp³-hybridized carbons (Fsp3) is 0.500. The van der Waals surface area contributed by atoms with Gasteiger partial charge in [-0.25, -0.2) is 0 Å². The van der Waals surface area contributed by atoms with E-state index in [4.69, 9.17) is 9.15 Å². The molecule has 0 bridgehead atoms. The van der Waals surface area contributed by atoms with Crippen molar-refractivity contribution in [3.05, 3.63) is 69.8 Å². The average molecular weight is 633 g/mol. The normalized spacial score (nSPS) is 36.0. The number of ether oxygens (including phenoxy) is 1. The number of hydrogen-bond donors (Lipinski definition) is 4. The molecule has 244 valence electrons. The Kier molecular flexibility index (Phi) is 7.39. The van der Waals surface area contributed by atoms with Crippen LogP contribution in [0.2, 0.25) is 0 Å². The molecule has 4 N–H and O–H groups in total. The summed E-state index contributed by atoms with van der Waals surface area (Å²) >= 11 is 0. The summed E-state index contributed by atoms with van der Waals surface area (Å²) in [6, 6.07) is 3.34. The van der Waals surface area contributed by atoms with Crippen LogP contribution in [0.1, 0.15) is 65.1 Å². The number of aliphatic hydroxyl groups excluding tert-OH is 1. The first-order valence-corrected chi connectivity index (χ1v) is 15.7. The maximum atomic E-state index is 14.6. The molecule has 0 unspecified atom stereocenters. The number of phenols is 2. The molecular formula is C36H40O10. The zero-order valence-corrected chi connectivity index (χ0v) is 26.5. The first-order chi connectivity index (χ1) is 21.6. The van der Waals surface area contributed by atoms with Crippen LogP contribution in [0.3, 0.4) is 0 Å². The molecule has 0 radical (unpaired) electrons. The van der Waals surface area contributed by atoms with Gasteiger partial charge in [0.15, 0.2) is 17.0 Å². The fourth-order valence-electron chi connectivity index (χ4n) is 9.63. The summed E-state index contributed by atoms with van der Waals surface area (Å²) in [7, 11) is 1.31. The molecule has 1 aromatic carbocycles. The molecule has 0 saturated heterocycles. The van der Waals surface area contributed by atoms with Gasteiger partial charge in [0, 0.05) is 36.1 Å². The van der Waals surface area contributed by atoms with Crippen molar-refractivity contribution in [2.24, 2.45) is 34.5 Å². The van der Waals surface area contributed by atoms with E-state index in [0.717, 1.165) is 23.8 Å². The zero-order chi connectivity index (χ0) is 33.5. The summed E-state index contributed by atoms with van der Waals surface area (Å²) in [6.45, 7) is 9.95. The van der Waals surface area contributed by atoms with E-state index < -0.39 is 68.8 Å². The van der Waals surface area contributed by atoms with Crippen molar-refractivity contribution in [3.8, 4) is 11.5 Å². The number of benzene rings is 1. The molecule has 0 spiro atoms. The number of allylic oxidation sites excluding steroid dienone is 4. The van der Waals surface area contributed by atoms with Crippen molar-refractivity contribution in [1.82, 2.24) is 0 Å². The highest BCUT2D eigenvalue weighted by Crippen LogP contribution is 2.64. The third kappa shape index (κ3) is 4.25. The number of carboxylic acids is 1. The van der Waals surface area contributed by atoms with E-state index >= 15 is 0 Å². The lowest BCUT2D eigenvalue weighted by molar-refractivity contribution is -0.168. The van der Waals surface area contributed by atoms with Gasteiger partial charge in [0.1, 0.15) is 33.6 Å². The highest BCUT2D eigenvalue weighted by Gasteiger charge is 2.64. The third-order valence-corrected chi connectivity index (χ3v) is 12.0. The van der Waals surface area contributed by atoms with Crippen LogP contribution < -0.4 is 5.43 Å². The quantitative estimate of drug-likeness (QED) is 0.331. The second-order valence-electron chi connectivity index (χ2n) is 14.2. The predicted octanol–water partition coefficient (Wildman–Crippen LogP) is 4.93. The van der Waals surface area contributed by atoms with E-state index in [1.54, 1.807) is 6.92 Å². The lowest BCUT2D eigenvalue weighted by atomic mass is 9.44. The van der Waals surface area contributed by atoms with E-state index in [1.165, 1.54) is 13.2 Å². The van der Waals surface area contributed by atoms with Crippen molar-refractivity contribution in [1.29, 1.82) is 0 Å². The lowest BCUT2D eigenvalue weighted by Gasteiger charge is -2.59. The minimum Gasteiger partial charge on any atom is -0.508 e. The highest BCUT2D eigenvalue weighted by atomic mass is 16.5. The van der Waals surface area contributed by atoms with Crippen LogP contribution in [-0.2, 0) is 24.5 Å². The van der Waals surface area contributed by atoms with Gasteiger partial charge in [-0.1, -0.05) is 31.6 Å². The molecule has 1 heterocycles. The summed E-state index contributed by atoms with van der Waals surface area (Å²) in [5.74, 6) is -5.44. The maximum absolute atomic E-state index is 14.6. The van der Waals surface area contributed by atoms with Crippen molar-refractivity contribution in [2.45, 2.75) is 70.8 Å². The molecule has 0 amide bonds. The number of carboxylic acid groups (broad SMARTS) is 1. The largest absolute Gasteiger partial charge is 0.508 e. The second kappa shape index (κ2) is 10.7. The van der Waals surface area contributed by atoms with Gasteiger partial charge < -0.3 is 29.6 Å². The van der Waals surface area contributed by atoms with E-state index in [2.05, 4.69) is 6.58 Å². The molecule has 46 heavy (non-hydrogen) atoms. The first-order valence-electron chi connectivity index (χ1n) is 15.7. The molecule has 0 aliphatic heterocycles. The number of aliphatic carboxylic acids is 1. The molecule has 6 rings (SSSR count). The number of aromatic hydroxyl groups is 2. The minimum absolute atomic E-state index is 0.0788. The fourth-order valence-corrected chi connectivity index (χ4v) is 9.63. The van der Waals surface area contributed by atoms with E-state index in [0.29, 0.717) is 24.8 Å². The Balaban J connectivity index is 1.59. The maximum Gasteiger partial charge on any atom is 0.309 e. The molecule has 10 heteroatoms. The van der Waals surface area contributed by atoms with Gasteiger partial charge in [-0.15, -0.1) is 0 Å². The highest BCUT2D eigenvalue weighted by molar-refractivity contribution is 6.14. The number of ketones is 2. The van der Waals surface area contributed by atoms with Crippen LogP contribution in [0.4, 0.5) is 0 Å². The van der Waals surface area contributed by atoms with Gasteiger partial charge in [-0.05, 0) is 68.8 Å². The Morgan fingerprint density at radius 1 is 1.11 bits per heavy atom. The topological polar surface area (TPSA) is 172 Å². The first kappa shape index (κ1) is 31.8. The second-order valence-corrected chi connectivity index (χ2v) is 14.2. The van der Waals surface area contributed by atoms with E-state index in [1.807, 2.05) is 19.9 Å². The Morgan fingerprint density at radius 2 is 1.83 bits per heavy atom. The van der Waals surface area contributed by atoms with Gasteiger partial charge >= 0.3 is 5.97 Å². The number of fused-ring (bicyclic) bond motifs is 3. The number of hydrogen-bond acceptors (Lipinski definition) is 9. The van der Waals surface area contributed by atoms with Gasteiger partial charge in [0.2, 0.25) is 5.78 Å². The average Bonchev–Trinajstić information content (AvgIpc) is 2.98. The van der Waals surface area contributed by atoms with Crippen LogP contribution in [0.25, 0.3) is 11.0 Å². The molecule has 8 atom stereocenters. The van der Waals surface area contributed by atoms with Gasteiger partial charge in [0.05, 0.1) is 18.6 Å². The summed E-state index contributed by atoms with van der Waals surface area (Å²) in [5.41, 5.74) is -2.86. The summed E-state index contributed by atoms with van der Waals surface area (Å²) in [5, 5.41) is 42.2. The van der Waals surface area contributed by atoms with Crippen molar-refractivity contribution in [2.75, 3.05) is 7.11 Å². The predicted molar refractivity (Wildman–Crippen MR) is 167 cm³/mol. The lowest BCUT2D eigenvalue weighted by Crippen LogP contribution is -2.59. The molecule has 2 fully saturated rings. The van der Waals surface area contributed by atoms with E-state index in [9.17, 15) is 39.6 Å². The Bertz CT molecular complexity index is 1810. The van der Waals surface area contributed by atoms with Gasteiger partial charge in [0.25, 0.3) is 0 Å². The monoisotopic (exact) mass is 632 g/mol. The number of carbonyl (C=O) groups excluding carboxylic acids is 2. The number of rotatable bonds is 5. The molecule has 10 nitrogen and oxygen atoms in total. The number of phenolic OH excluding ortho intramolecular Hbond substituents is 2. The third-order valence-electron chi connectivity index (χ3n) is 12.0. The molecule has 4 aliphatic rings. The smallest absolute Gasteiger partial charge is 0.309 e. The number of Topliss-reactive ketones (excluding diaryl/α,β-unsaturated/α-hetero) is 1. The van der Waals surface area contributed by atoms with Gasteiger partial charge in [-0.3, -0.25) is 19.2 Å². The molecule has 2 saturated carbocycles. The number of aliphatic hydroxyl groups is 1. The van der Waals surface area contributed by atoms with Crippen LogP contribution in [0, 0.1) is 34.5 Å². The standard InChI is InChI=1S/C36H40O10/c1-17-7-8-20-32(42)27(45-5)16-29(41)36(20,30-15-25(40)31-24(39)11-19(37)12-26(31)46-30)21(17)13-22-18(2)23(38)14-28-34(22,3)9-6-10-35(28,4)33(43)44/h7,11-12,15-16,20-23,28,37-39H,2,6,8-10,13-14H2,1,3-5H3,(H,43,44)/t20-,21+,22-,23-,28+,34+,35+,36-/m0/s1. The van der Waals surface area contributed by atoms with Crippen LogP contribution >= 0.6 is 0 Å². The summed E-state index contributed by atoms with van der Waals surface area (Å²) in [6.07, 6.45) is 4.54. The van der Waals surface area contributed by atoms with E-state index in [-0.39, 0.29) is 53.4 Å². The molecular weight excluding hydrogens is 592 g/mol. The van der Waals surface area contributed by atoms with Crippen molar-refractivity contribution >= 4 is 28.5 Å². The van der Waals surface area contributed by atoms with Crippen molar-refractivity contribution in [3.63, 3.8) is 0 Å².